The molecule has 25 heavy (non-hydrogen) atoms. The van der Waals surface area contributed by atoms with Crippen molar-refractivity contribution in [1.82, 2.24) is 9.88 Å². The molecule has 0 N–H and O–H groups in total. The SMILES string of the molecule is Cc1ccc(CN2C(=O)CC[C@H]2C(=O)O[C@@H](C)c2ccccn2)cc1. The predicted octanol–water partition coefficient (Wildman–Crippen LogP) is 3.19. The summed E-state index contributed by atoms with van der Waals surface area (Å²) in [5.41, 5.74) is 2.87. The van der Waals surface area contributed by atoms with Gasteiger partial charge >= 0.3 is 5.97 Å². The topological polar surface area (TPSA) is 59.5 Å². The van der Waals surface area contributed by atoms with E-state index in [1.807, 2.05) is 49.4 Å². The van der Waals surface area contributed by atoms with Gasteiger partial charge < -0.3 is 9.64 Å². The third kappa shape index (κ3) is 4.05. The van der Waals surface area contributed by atoms with Gasteiger partial charge in [-0.15, -0.1) is 0 Å². The summed E-state index contributed by atoms with van der Waals surface area (Å²) in [6, 6.07) is 13.0. The van der Waals surface area contributed by atoms with E-state index in [-0.39, 0.29) is 11.9 Å². The summed E-state index contributed by atoms with van der Waals surface area (Å²) >= 11 is 0. The molecule has 5 heteroatoms. The second kappa shape index (κ2) is 7.47. The number of carbonyl (C=O) groups excluding carboxylic acids is 2. The quantitative estimate of drug-likeness (QED) is 0.786. The maximum absolute atomic E-state index is 12.6. The molecule has 2 aromatic rings. The normalized spacial score (nSPS) is 18.2. The van der Waals surface area contributed by atoms with Crippen molar-refractivity contribution in [2.45, 2.75) is 45.4 Å². The lowest BCUT2D eigenvalue weighted by atomic mass is 10.1. The number of likely N-dealkylation sites (tertiary alicyclic amines) is 1. The fourth-order valence-electron chi connectivity index (χ4n) is 3.00. The Bertz CT molecular complexity index is 743. The van der Waals surface area contributed by atoms with E-state index in [9.17, 15) is 9.59 Å². The zero-order chi connectivity index (χ0) is 17.8. The van der Waals surface area contributed by atoms with Crippen molar-refractivity contribution in [2.75, 3.05) is 0 Å². The van der Waals surface area contributed by atoms with Crippen LogP contribution in [0, 0.1) is 6.92 Å². The Morgan fingerprint density at radius 2 is 2.04 bits per heavy atom. The van der Waals surface area contributed by atoms with Crippen LogP contribution in [0.5, 0.6) is 0 Å². The summed E-state index contributed by atoms with van der Waals surface area (Å²) in [6.45, 7) is 4.24. The van der Waals surface area contributed by atoms with Crippen LogP contribution < -0.4 is 0 Å². The highest BCUT2D eigenvalue weighted by Gasteiger charge is 2.37. The minimum Gasteiger partial charge on any atom is -0.455 e. The Labute approximate surface area is 147 Å². The number of esters is 1. The van der Waals surface area contributed by atoms with Crippen LogP contribution in [0.1, 0.15) is 42.7 Å². The number of hydrogen-bond acceptors (Lipinski definition) is 4. The van der Waals surface area contributed by atoms with Crippen LogP contribution in [0.4, 0.5) is 0 Å². The number of hydrogen-bond donors (Lipinski definition) is 0. The molecule has 0 aliphatic carbocycles. The summed E-state index contributed by atoms with van der Waals surface area (Å²) in [7, 11) is 0. The molecule has 130 valence electrons. The molecule has 2 atom stereocenters. The van der Waals surface area contributed by atoms with Gasteiger partial charge in [0.15, 0.2) is 0 Å². The fraction of sp³-hybridized carbons (Fsp3) is 0.350. The second-order valence-electron chi connectivity index (χ2n) is 6.40. The highest BCUT2D eigenvalue weighted by molar-refractivity contribution is 5.88. The number of benzene rings is 1. The third-order valence-electron chi connectivity index (χ3n) is 4.47. The number of aryl methyl sites for hydroxylation is 1. The van der Waals surface area contributed by atoms with Gasteiger partial charge in [-0.05, 0) is 38.0 Å². The van der Waals surface area contributed by atoms with Crippen LogP contribution in [0.2, 0.25) is 0 Å². The van der Waals surface area contributed by atoms with Gasteiger partial charge in [0, 0.05) is 19.2 Å². The largest absolute Gasteiger partial charge is 0.455 e. The minimum atomic E-state index is -0.528. The van der Waals surface area contributed by atoms with Gasteiger partial charge in [-0.3, -0.25) is 9.78 Å². The Morgan fingerprint density at radius 1 is 1.28 bits per heavy atom. The third-order valence-corrected chi connectivity index (χ3v) is 4.47. The van der Waals surface area contributed by atoms with Crippen molar-refractivity contribution in [1.29, 1.82) is 0 Å². The number of nitrogens with zero attached hydrogens (tertiary/aromatic N) is 2. The molecule has 5 nitrogen and oxygen atoms in total. The molecule has 1 aromatic heterocycles. The average Bonchev–Trinajstić information content (AvgIpc) is 2.98. The van der Waals surface area contributed by atoms with E-state index in [0.29, 0.717) is 25.1 Å². The lowest BCUT2D eigenvalue weighted by Crippen LogP contribution is -2.39. The molecule has 1 amide bonds. The van der Waals surface area contributed by atoms with Crippen LogP contribution in [-0.4, -0.2) is 27.8 Å². The summed E-state index contributed by atoms with van der Waals surface area (Å²) in [4.78, 5) is 30.6. The molecule has 1 saturated heterocycles. The van der Waals surface area contributed by atoms with E-state index in [1.54, 1.807) is 18.0 Å². The Kier molecular flexibility index (Phi) is 5.12. The predicted molar refractivity (Wildman–Crippen MR) is 93.5 cm³/mol. The first-order chi connectivity index (χ1) is 12.0. The van der Waals surface area contributed by atoms with E-state index in [0.717, 1.165) is 11.1 Å². The second-order valence-corrected chi connectivity index (χ2v) is 6.40. The van der Waals surface area contributed by atoms with Crippen LogP contribution in [0.25, 0.3) is 0 Å². The number of rotatable bonds is 5. The molecule has 0 radical (unpaired) electrons. The molecule has 0 bridgehead atoms. The Hall–Kier alpha value is -2.69. The molecule has 0 saturated carbocycles. The van der Waals surface area contributed by atoms with Crippen molar-refractivity contribution in [2.24, 2.45) is 0 Å². The number of amides is 1. The summed E-state index contributed by atoms with van der Waals surface area (Å²) in [6.07, 6.45) is 2.11. The summed E-state index contributed by atoms with van der Waals surface area (Å²) in [5.74, 6) is -0.371. The molecule has 1 fully saturated rings. The highest BCUT2D eigenvalue weighted by atomic mass is 16.5. The first kappa shape index (κ1) is 17.1. The number of ether oxygens (including phenoxy) is 1. The number of aromatic nitrogens is 1. The molecular formula is C20H22N2O3. The zero-order valence-corrected chi connectivity index (χ0v) is 14.5. The summed E-state index contributed by atoms with van der Waals surface area (Å²) in [5, 5.41) is 0. The van der Waals surface area contributed by atoms with E-state index in [1.165, 1.54) is 0 Å². The van der Waals surface area contributed by atoms with Gasteiger partial charge in [-0.2, -0.15) is 0 Å². The van der Waals surface area contributed by atoms with Gasteiger partial charge in [-0.25, -0.2) is 4.79 Å². The Morgan fingerprint density at radius 3 is 2.72 bits per heavy atom. The van der Waals surface area contributed by atoms with Crippen LogP contribution in [-0.2, 0) is 20.9 Å². The van der Waals surface area contributed by atoms with Crippen molar-refractivity contribution in [3.8, 4) is 0 Å². The van der Waals surface area contributed by atoms with Crippen molar-refractivity contribution in [3.63, 3.8) is 0 Å². The van der Waals surface area contributed by atoms with Gasteiger partial charge in [0.05, 0.1) is 5.69 Å². The summed E-state index contributed by atoms with van der Waals surface area (Å²) < 4.78 is 5.56. The number of pyridine rings is 1. The average molecular weight is 338 g/mol. The maximum Gasteiger partial charge on any atom is 0.329 e. The van der Waals surface area contributed by atoms with Gasteiger partial charge in [0.2, 0.25) is 5.91 Å². The first-order valence-electron chi connectivity index (χ1n) is 8.51. The molecule has 2 heterocycles. The fourth-order valence-corrected chi connectivity index (χ4v) is 3.00. The van der Waals surface area contributed by atoms with E-state index < -0.39 is 12.1 Å². The van der Waals surface area contributed by atoms with Crippen LogP contribution in [0.3, 0.4) is 0 Å². The smallest absolute Gasteiger partial charge is 0.329 e. The maximum atomic E-state index is 12.6. The standard InChI is InChI=1S/C20H22N2O3/c1-14-6-8-16(9-7-14)13-22-18(10-11-19(22)23)20(24)25-15(2)17-5-3-4-12-21-17/h3-9,12,15,18H,10-11,13H2,1-2H3/t15-,18-/m0/s1. The van der Waals surface area contributed by atoms with E-state index in [4.69, 9.17) is 4.74 Å². The van der Waals surface area contributed by atoms with Crippen molar-refractivity contribution in [3.05, 3.63) is 65.5 Å². The first-order valence-corrected chi connectivity index (χ1v) is 8.51. The zero-order valence-electron chi connectivity index (χ0n) is 14.5. The number of carbonyl (C=O) groups is 2. The van der Waals surface area contributed by atoms with E-state index >= 15 is 0 Å². The monoisotopic (exact) mass is 338 g/mol. The molecule has 3 rings (SSSR count). The molecule has 1 aliphatic heterocycles. The Balaban J connectivity index is 1.68. The minimum absolute atomic E-state index is 0.00647. The van der Waals surface area contributed by atoms with Gasteiger partial charge in [0.25, 0.3) is 0 Å². The van der Waals surface area contributed by atoms with Crippen molar-refractivity contribution >= 4 is 11.9 Å². The van der Waals surface area contributed by atoms with Crippen LogP contribution in [0.15, 0.2) is 48.7 Å². The molecule has 0 unspecified atom stereocenters. The van der Waals surface area contributed by atoms with Gasteiger partial charge in [-0.1, -0.05) is 35.9 Å². The van der Waals surface area contributed by atoms with Crippen molar-refractivity contribution < 1.29 is 14.3 Å². The highest BCUT2D eigenvalue weighted by Crippen LogP contribution is 2.25. The van der Waals surface area contributed by atoms with Crippen LogP contribution >= 0.6 is 0 Å². The van der Waals surface area contributed by atoms with E-state index in [2.05, 4.69) is 4.98 Å². The van der Waals surface area contributed by atoms with Gasteiger partial charge in [0.1, 0.15) is 12.1 Å². The lowest BCUT2D eigenvalue weighted by Gasteiger charge is -2.25. The molecule has 1 aromatic carbocycles. The molecule has 0 spiro atoms. The molecular weight excluding hydrogens is 316 g/mol. The lowest BCUT2D eigenvalue weighted by molar-refractivity contribution is -0.156. The molecule has 1 aliphatic rings.